The summed E-state index contributed by atoms with van der Waals surface area (Å²) in [5.41, 5.74) is -0.564. The molecular formula is C20H33N5O8PSi+. The first kappa shape index (κ1) is 27.5. The Bertz CT molecular complexity index is 1160. The third-order valence-corrected chi connectivity index (χ3v) is 11.3. The van der Waals surface area contributed by atoms with Crippen molar-refractivity contribution in [2.45, 2.75) is 77.3 Å². The predicted molar refractivity (Wildman–Crippen MR) is 129 cm³/mol. The van der Waals surface area contributed by atoms with Crippen LogP contribution < -0.4 is 10.9 Å². The highest BCUT2D eigenvalue weighted by molar-refractivity contribution is 7.32. The third kappa shape index (κ3) is 5.69. The number of carbonyl (C=O) groups excluding carboxylic acids is 1. The summed E-state index contributed by atoms with van der Waals surface area (Å²) in [4.78, 5) is 45.2. The van der Waals surface area contributed by atoms with Crippen molar-refractivity contribution in [1.82, 2.24) is 19.5 Å². The number of ether oxygens (including phenoxy) is 1. The Morgan fingerprint density at radius 3 is 2.57 bits per heavy atom. The van der Waals surface area contributed by atoms with Gasteiger partial charge in [-0.1, -0.05) is 34.6 Å². The van der Waals surface area contributed by atoms with Crippen molar-refractivity contribution in [3.63, 3.8) is 0 Å². The summed E-state index contributed by atoms with van der Waals surface area (Å²) in [6.07, 6.45) is -2.69. The molecule has 1 aliphatic heterocycles. The summed E-state index contributed by atoms with van der Waals surface area (Å²) >= 11 is 0. The normalized spacial score (nSPS) is 23.8. The van der Waals surface area contributed by atoms with E-state index < -0.39 is 53.3 Å². The number of aromatic amines is 1. The fourth-order valence-electron chi connectivity index (χ4n) is 3.39. The molecule has 0 radical (unpaired) electrons. The standard InChI is InChI=1S/C20H32N5O8PSi/c1-10(2)16(27)23-19-22-15-12(17(28)24-19)21-9-25(15)18-14(32-34(29)30)13(11(8-26)31-18)33-35(6,7)20(3,4)5/h9-11,13-14,18,26H,8H2,1-7H3,(H2-,22,23,24,27,28,29,30)/p+1/t11?,13-,14-,18-/m1/s1. The zero-order valence-corrected chi connectivity index (χ0v) is 22.7. The largest absolute Gasteiger partial charge is 0.695 e. The van der Waals surface area contributed by atoms with E-state index in [2.05, 4.69) is 20.3 Å². The third-order valence-electron chi connectivity index (χ3n) is 6.39. The number of anilines is 1. The summed E-state index contributed by atoms with van der Waals surface area (Å²) in [6, 6.07) is 0. The van der Waals surface area contributed by atoms with Gasteiger partial charge in [-0.25, -0.2) is 4.98 Å². The number of amides is 1. The van der Waals surface area contributed by atoms with Crippen molar-refractivity contribution in [2.75, 3.05) is 11.9 Å². The van der Waals surface area contributed by atoms with Crippen molar-refractivity contribution in [2.24, 2.45) is 5.92 Å². The predicted octanol–water partition coefficient (Wildman–Crippen LogP) is 2.03. The molecule has 0 spiro atoms. The van der Waals surface area contributed by atoms with Crippen LogP contribution in [-0.2, 0) is 23.0 Å². The van der Waals surface area contributed by atoms with E-state index in [0.717, 1.165) is 0 Å². The fourth-order valence-corrected chi connectivity index (χ4v) is 5.14. The van der Waals surface area contributed by atoms with Gasteiger partial charge in [-0.15, -0.1) is 9.42 Å². The first-order valence-corrected chi connectivity index (χ1v) is 15.2. The van der Waals surface area contributed by atoms with Gasteiger partial charge in [0, 0.05) is 10.5 Å². The Morgan fingerprint density at radius 1 is 1.37 bits per heavy atom. The summed E-state index contributed by atoms with van der Waals surface area (Å²) in [7, 11) is -5.49. The Kier molecular flexibility index (Phi) is 7.96. The van der Waals surface area contributed by atoms with Crippen molar-refractivity contribution >= 4 is 39.6 Å². The Balaban J connectivity index is 2.07. The van der Waals surface area contributed by atoms with Gasteiger partial charge in [0.05, 0.1) is 12.9 Å². The number of aliphatic hydroxyl groups excluding tert-OH is 1. The van der Waals surface area contributed by atoms with Crippen molar-refractivity contribution < 1.29 is 33.0 Å². The highest BCUT2D eigenvalue weighted by Gasteiger charge is 2.54. The topological polar surface area (TPSA) is 178 Å². The molecule has 1 saturated heterocycles. The SMILES string of the molecule is CC(C)C(=O)Nc1nc2c(ncn2[C@@H]2OC(CO)[C@@H](O[Si](C)(C)C(C)(C)C)[C@H]2O[P+](=O)O)c(=O)[nH]1. The average Bonchev–Trinajstić information content (AvgIpc) is 3.28. The van der Waals surface area contributed by atoms with Gasteiger partial charge >= 0.3 is 8.25 Å². The Labute approximate surface area is 204 Å². The van der Waals surface area contributed by atoms with Crippen LogP contribution >= 0.6 is 8.25 Å². The molecule has 0 aliphatic carbocycles. The zero-order valence-electron chi connectivity index (χ0n) is 20.8. The molecule has 1 aliphatic rings. The fraction of sp³-hybridized carbons (Fsp3) is 0.700. The van der Waals surface area contributed by atoms with Gasteiger partial charge in [-0.2, -0.15) is 4.98 Å². The van der Waals surface area contributed by atoms with Crippen molar-refractivity contribution in [3.8, 4) is 0 Å². The lowest BCUT2D eigenvalue weighted by Gasteiger charge is -2.39. The molecule has 1 amide bonds. The van der Waals surface area contributed by atoms with E-state index in [0.29, 0.717) is 0 Å². The second-order valence-corrected chi connectivity index (χ2v) is 15.7. The molecule has 0 bridgehead atoms. The maximum absolute atomic E-state index is 12.6. The molecule has 15 heteroatoms. The number of hydrogen-bond acceptors (Lipinski definition) is 9. The van der Waals surface area contributed by atoms with Crippen LogP contribution in [0.4, 0.5) is 5.95 Å². The molecule has 0 aromatic carbocycles. The van der Waals surface area contributed by atoms with Gasteiger partial charge < -0.3 is 14.3 Å². The number of H-pyrrole nitrogens is 1. The smallest absolute Gasteiger partial charge is 0.408 e. The molecule has 2 aromatic rings. The zero-order chi connectivity index (χ0) is 26.3. The van der Waals surface area contributed by atoms with Gasteiger partial charge in [0.1, 0.15) is 12.2 Å². The minimum absolute atomic E-state index is 0.0300. The Hall–Kier alpha value is -2.06. The van der Waals surface area contributed by atoms with Crippen LogP contribution in [0.5, 0.6) is 0 Å². The highest BCUT2D eigenvalue weighted by Crippen LogP contribution is 2.44. The van der Waals surface area contributed by atoms with Gasteiger partial charge in [0.15, 0.2) is 31.8 Å². The average molecular weight is 531 g/mol. The highest BCUT2D eigenvalue weighted by atomic mass is 31.1. The molecule has 1 fully saturated rings. The van der Waals surface area contributed by atoms with Gasteiger partial charge in [-0.3, -0.25) is 24.5 Å². The summed E-state index contributed by atoms with van der Waals surface area (Å²) < 4.78 is 30.9. The second kappa shape index (κ2) is 10.1. The summed E-state index contributed by atoms with van der Waals surface area (Å²) in [6.45, 7) is 13.1. The maximum atomic E-state index is 12.6. The van der Waals surface area contributed by atoms with Crippen molar-refractivity contribution in [3.05, 3.63) is 16.7 Å². The molecule has 2 aromatic heterocycles. The van der Waals surface area contributed by atoms with E-state index in [1.807, 2.05) is 33.9 Å². The lowest BCUT2D eigenvalue weighted by Crippen LogP contribution is -2.50. The second-order valence-electron chi connectivity index (χ2n) is 10.3. The molecule has 35 heavy (non-hydrogen) atoms. The van der Waals surface area contributed by atoms with Crippen LogP contribution in [-0.4, -0.2) is 68.7 Å². The quantitative estimate of drug-likeness (QED) is 0.291. The first-order chi connectivity index (χ1) is 16.2. The number of imidazole rings is 1. The number of aromatic nitrogens is 4. The van der Waals surface area contributed by atoms with Crippen molar-refractivity contribution in [1.29, 1.82) is 0 Å². The van der Waals surface area contributed by atoms with E-state index in [-0.39, 0.29) is 34.0 Å². The monoisotopic (exact) mass is 530 g/mol. The number of fused-ring (bicyclic) bond motifs is 1. The lowest BCUT2D eigenvalue weighted by molar-refractivity contribution is -0.118. The molecule has 5 atom stereocenters. The van der Waals surface area contributed by atoms with E-state index in [9.17, 15) is 24.2 Å². The summed E-state index contributed by atoms with van der Waals surface area (Å²) in [5.74, 6) is -0.784. The molecule has 13 nitrogen and oxygen atoms in total. The molecule has 3 rings (SSSR count). The van der Waals surface area contributed by atoms with Crippen LogP contribution in [0.3, 0.4) is 0 Å². The van der Waals surface area contributed by atoms with Gasteiger partial charge in [0.25, 0.3) is 5.56 Å². The number of carbonyl (C=O) groups is 1. The summed E-state index contributed by atoms with van der Waals surface area (Å²) in [5, 5.41) is 12.4. The molecule has 2 unspecified atom stereocenters. The van der Waals surface area contributed by atoms with Crippen LogP contribution in [0.1, 0.15) is 40.8 Å². The minimum Gasteiger partial charge on any atom is -0.408 e. The number of nitrogens with one attached hydrogen (secondary N) is 2. The van der Waals surface area contributed by atoms with E-state index in [1.54, 1.807) is 13.8 Å². The molecule has 3 heterocycles. The van der Waals surface area contributed by atoms with Gasteiger partial charge in [0.2, 0.25) is 11.9 Å². The molecule has 194 valence electrons. The number of nitrogens with zero attached hydrogens (tertiary/aromatic N) is 3. The van der Waals surface area contributed by atoms with E-state index in [4.69, 9.17) is 13.7 Å². The number of hydrogen-bond donors (Lipinski definition) is 4. The van der Waals surface area contributed by atoms with Crippen LogP contribution in [0.15, 0.2) is 11.1 Å². The minimum atomic E-state index is -3.06. The molecule has 0 saturated carbocycles. The molecular weight excluding hydrogens is 497 g/mol. The van der Waals surface area contributed by atoms with Crippen LogP contribution in [0, 0.1) is 5.92 Å². The first-order valence-electron chi connectivity index (χ1n) is 11.2. The van der Waals surface area contributed by atoms with E-state index in [1.165, 1.54) is 10.9 Å². The Morgan fingerprint density at radius 2 is 2.03 bits per heavy atom. The number of aliphatic hydroxyl groups is 1. The number of rotatable bonds is 8. The lowest BCUT2D eigenvalue weighted by atomic mass is 10.1. The van der Waals surface area contributed by atoms with Gasteiger partial charge in [-0.05, 0) is 18.1 Å². The van der Waals surface area contributed by atoms with E-state index >= 15 is 0 Å². The molecule has 4 N–H and O–H groups in total. The maximum Gasteiger partial charge on any atom is 0.695 e. The van der Waals surface area contributed by atoms with Crippen LogP contribution in [0.25, 0.3) is 11.2 Å². The van der Waals surface area contributed by atoms with Crippen LogP contribution in [0.2, 0.25) is 18.1 Å².